The number of nitrogens with zero attached hydrogens (tertiary/aromatic N) is 1. The Bertz CT molecular complexity index is 296. The molecular formula is C13H22N2O. The van der Waals surface area contributed by atoms with Crippen LogP contribution in [0.15, 0.2) is 0 Å². The lowest BCUT2D eigenvalue weighted by molar-refractivity contribution is -0.134. The number of hydrogen-bond acceptors (Lipinski definition) is 2. The van der Waals surface area contributed by atoms with Crippen molar-refractivity contribution in [3.8, 4) is 0 Å². The van der Waals surface area contributed by atoms with Crippen LogP contribution in [0.4, 0.5) is 0 Å². The molecule has 90 valence electrons. The van der Waals surface area contributed by atoms with Crippen LogP contribution in [0, 0.1) is 5.92 Å². The SMILES string of the molecule is CC1CCCC1N1CNC2(CCCC2)C1=O. The van der Waals surface area contributed by atoms with Crippen molar-refractivity contribution in [1.29, 1.82) is 0 Å². The lowest BCUT2D eigenvalue weighted by Gasteiger charge is -2.28. The summed E-state index contributed by atoms with van der Waals surface area (Å²) in [5.41, 5.74) is -0.150. The van der Waals surface area contributed by atoms with E-state index in [0.29, 0.717) is 17.9 Å². The lowest BCUT2D eigenvalue weighted by atomic mass is 9.96. The first-order chi connectivity index (χ1) is 7.73. The molecule has 2 unspecified atom stereocenters. The molecule has 3 heteroatoms. The Labute approximate surface area is 97.6 Å². The third-order valence-electron chi connectivity index (χ3n) is 4.93. The van der Waals surface area contributed by atoms with Gasteiger partial charge in [-0.3, -0.25) is 10.1 Å². The second-order valence-corrected chi connectivity index (χ2v) is 5.87. The van der Waals surface area contributed by atoms with E-state index in [4.69, 9.17) is 0 Å². The molecule has 3 rings (SSSR count). The third-order valence-corrected chi connectivity index (χ3v) is 4.93. The van der Waals surface area contributed by atoms with Crippen LogP contribution in [0.2, 0.25) is 0 Å². The summed E-state index contributed by atoms with van der Waals surface area (Å²) in [6.07, 6.45) is 8.35. The summed E-state index contributed by atoms with van der Waals surface area (Å²) in [7, 11) is 0. The van der Waals surface area contributed by atoms with Crippen LogP contribution < -0.4 is 5.32 Å². The molecule has 1 N–H and O–H groups in total. The summed E-state index contributed by atoms with van der Waals surface area (Å²) in [4.78, 5) is 14.7. The van der Waals surface area contributed by atoms with Crippen molar-refractivity contribution < 1.29 is 4.79 Å². The zero-order chi connectivity index (χ0) is 11.2. The van der Waals surface area contributed by atoms with Crippen LogP contribution in [-0.2, 0) is 4.79 Å². The quantitative estimate of drug-likeness (QED) is 0.734. The first kappa shape index (κ1) is 10.6. The Kier molecular flexibility index (Phi) is 2.46. The van der Waals surface area contributed by atoms with E-state index in [0.717, 1.165) is 19.5 Å². The van der Waals surface area contributed by atoms with Crippen LogP contribution in [0.5, 0.6) is 0 Å². The van der Waals surface area contributed by atoms with Crippen LogP contribution in [-0.4, -0.2) is 29.1 Å². The van der Waals surface area contributed by atoms with E-state index in [2.05, 4.69) is 17.1 Å². The van der Waals surface area contributed by atoms with Gasteiger partial charge in [-0.1, -0.05) is 26.2 Å². The molecule has 3 aliphatic rings. The molecule has 3 nitrogen and oxygen atoms in total. The van der Waals surface area contributed by atoms with Crippen molar-refractivity contribution in [3.05, 3.63) is 0 Å². The molecule has 16 heavy (non-hydrogen) atoms. The monoisotopic (exact) mass is 222 g/mol. The van der Waals surface area contributed by atoms with Gasteiger partial charge in [-0.25, -0.2) is 0 Å². The van der Waals surface area contributed by atoms with Crippen LogP contribution in [0.1, 0.15) is 51.9 Å². The molecule has 0 radical (unpaired) electrons. The van der Waals surface area contributed by atoms with Crippen molar-refractivity contribution >= 4 is 5.91 Å². The van der Waals surface area contributed by atoms with Gasteiger partial charge >= 0.3 is 0 Å². The van der Waals surface area contributed by atoms with E-state index >= 15 is 0 Å². The number of carbonyl (C=O) groups is 1. The summed E-state index contributed by atoms with van der Waals surface area (Å²) >= 11 is 0. The van der Waals surface area contributed by atoms with E-state index < -0.39 is 0 Å². The molecular weight excluding hydrogens is 200 g/mol. The number of nitrogens with one attached hydrogen (secondary N) is 1. The number of hydrogen-bond donors (Lipinski definition) is 1. The van der Waals surface area contributed by atoms with E-state index in [1.807, 2.05) is 0 Å². The predicted molar refractivity (Wildman–Crippen MR) is 62.9 cm³/mol. The first-order valence-corrected chi connectivity index (χ1v) is 6.79. The molecule has 0 aromatic rings. The fourth-order valence-corrected chi connectivity index (χ4v) is 3.88. The summed E-state index contributed by atoms with van der Waals surface area (Å²) < 4.78 is 0. The predicted octanol–water partition coefficient (Wildman–Crippen LogP) is 1.88. The van der Waals surface area contributed by atoms with Gasteiger partial charge in [0.1, 0.15) is 0 Å². The minimum atomic E-state index is -0.150. The van der Waals surface area contributed by atoms with E-state index in [1.165, 1.54) is 32.1 Å². The maximum Gasteiger partial charge on any atom is 0.244 e. The first-order valence-electron chi connectivity index (χ1n) is 6.79. The maximum atomic E-state index is 12.5. The van der Waals surface area contributed by atoms with Gasteiger partial charge in [0.2, 0.25) is 5.91 Å². The second kappa shape index (κ2) is 3.73. The Morgan fingerprint density at radius 3 is 2.62 bits per heavy atom. The molecule has 1 spiro atoms. The highest BCUT2D eigenvalue weighted by molar-refractivity contribution is 5.89. The van der Waals surface area contributed by atoms with Gasteiger partial charge in [0.05, 0.1) is 12.2 Å². The van der Waals surface area contributed by atoms with Crippen molar-refractivity contribution in [2.45, 2.75) is 63.5 Å². The molecule has 1 saturated heterocycles. The molecule has 1 amide bonds. The molecule has 3 fully saturated rings. The topological polar surface area (TPSA) is 32.3 Å². The number of rotatable bonds is 1. The minimum Gasteiger partial charge on any atom is -0.325 e. The number of carbonyl (C=O) groups excluding carboxylic acids is 1. The van der Waals surface area contributed by atoms with Gasteiger partial charge in [0.15, 0.2) is 0 Å². The zero-order valence-electron chi connectivity index (χ0n) is 10.2. The van der Waals surface area contributed by atoms with E-state index in [1.54, 1.807) is 0 Å². The molecule has 2 aliphatic carbocycles. The van der Waals surface area contributed by atoms with Gasteiger partial charge < -0.3 is 4.90 Å². The molecule has 0 aromatic heterocycles. The normalized spacial score (nSPS) is 37.8. The molecule has 1 heterocycles. The molecule has 2 atom stereocenters. The molecule has 2 saturated carbocycles. The lowest BCUT2D eigenvalue weighted by Crippen LogP contribution is -2.46. The smallest absolute Gasteiger partial charge is 0.244 e. The minimum absolute atomic E-state index is 0.150. The maximum absolute atomic E-state index is 12.5. The van der Waals surface area contributed by atoms with Gasteiger partial charge in [-0.2, -0.15) is 0 Å². The largest absolute Gasteiger partial charge is 0.325 e. The van der Waals surface area contributed by atoms with Gasteiger partial charge in [-0.05, 0) is 31.6 Å². The van der Waals surface area contributed by atoms with Gasteiger partial charge in [-0.15, -0.1) is 0 Å². The van der Waals surface area contributed by atoms with Crippen LogP contribution in [0.25, 0.3) is 0 Å². The summed E-state index contributed by atoms with van der Waals surface area (Å²) in [5, 5.41) is 3.51. The molecule has 0 aromatic carbocycles. The molecule has 0 bridgehead atoms. The zero-order valence-corrected chi connectivity index (χ0v) is 10.2. The highest BCUT2D eigenvalue weighted by Gasteiger charge is 2.50. The Morgan fingerprint density at radius 1 is 1.25 bits per heavy atom. The molecule has 1 aliphatic heterocycles. The van der Waals surface area contributed by atoms with Crippen LogP contribution >= 0.6 is 0 Å². The Balaban J connectivity index is 1.76. The highest BCUT2D eigenvalue weighted by atomic mass is 16.2. The van der Waals surface area contributed by atoms with Crippen LogP contribution in [0.3, 0.4) is 0 Å². The third kappa shape index (κ3) is 1.41. The average Bonchev–Trinajstić information content (AvgIpc) is 2.95. The Morgan fingerprint density at radius 2 is 2.00 bits per heavy atom. The summed E-state index contributed by atoms with van der Waals surface area (Å²) in [5.74, 6) is 1.10. The summed E-state index contributed by atoms with van der Waals surface area (Å²) in [6.45, 7) is 3.10. The van der Waals surface area contributed by atoms with Crippen molar-refractivity contribution in [2.24, 2.45) is 5.92 Å². The average molecular weight is 222 g/mol. The fourth-order valence-electron chi connectivity index (χ4n) is 3.88. The second-order valence-electron chi connectivity index (χ2n) is 5.87. The fraction of sp³-hybridized carbons (Fsp3) is 0.923. The number of amides is 1. The van der Waals surface area contributed by atoms with Crippen molar-refractivity contribution in [1.82, 2.24) is 10.2 Å². The highest BCUT2D eigenvalue weighted by Crippen LogP contribution is 2.38. The van der Waals surface area contributed by atoms with Gasteiger partial charge in [0.25, 0.3) is 0 Å². The summed E-state index contributed by atoms with van der Waals surface area (Å²) in [6, 6.07) is 0.514. The Hall–Kier alpha value is -0.570. The van der Waals surface area contributed by atoms with E-state index in [9.17, 15) is 4.79 Å². The van der Waals surface area contributed by atoms with E-state index in [-0.39, 0.29) is 5.54 Å². The standard InChI is InChI=1S/C13H22N2O/c1-10-5-4-6-11(10)15-9-14-13(12(15)16)7-2-3-8-13/h10-11,14H,2-9H2,1H3. The van der Waals surface area contributed by atoms with Crippen molar-refractivity contribution in [2.75, 3.05) is 6.67 Å². The van der Waals surface area contributed by atoms with Gasteiger partial charge in [0, 0.05) is 6.04 Å². The van der Waals surface area contributed by atoms with Crippen molar-refractivity contribution in [3.63, 3.8) is 0 Å².